The Labute approximate surface area is 138 Å². The van der Waals surface area contributed by atoms with Crippen molar-refractivity contribution >= 4 is 33.4 Å². The van der Waals surface area contributed by atoms with Gasteiger partial charge in [-0.2, -0.15) is 0 Å². The van der Waals surface area contributed by atoms with Gasteiger partial charge in [0.2, 0.25) is 0 Å². The van der Waals surface area contributed by atoms with Gasteiger partial charge in [-0.1, -0.05) is 0 Å². The maximum atomic E-state index is 11.8. The van der Waals surface area contributed by atoms with Crippen LogP contribution >= 0.6 is 27.3 Å². The fourth-order valence-corrected chi connectivity index (χ4v) is 4.08. The van der Waals surface area contributed by atoms with Gasteiger partial charge in [0, 0.05) is 12.0 Å². The van der Waals surface area contributed by atoms with Gasteiger partial charge in [-0.3, -0.25) is 0 Å². The summed E-state index contributed by atoms with van der Waals surface area (Å²) in [5.74, 6) is 0.525. The van der Waals surface area contributed by atoms with Crippen molar-refractivity contribution in [3.63, 3.8) is 0 Å². The van der Waals surface area contributed by atoms with Gasteiger partial charge < -0.3 is 10.1 Å². The molecule has 0 aromatic carbocycles. The second-order valence-corrected chi connectivity index (χ2v) is 8.95. The van der Waals surface area contributed by atoms with Gasteiger partial charge in [0.1, 0.15) is 5.60 Å². The van der Waals surface area contributed by atoms with E-state index in [-0.39, 0.29) is 12.1 Å². The summed E-state index contributed by atoms with van der Waals surface area (Å²) < 4.78 is 6.44. The fraction of sp³-hybridized carbons (Fsp3) is 0.733. The smallest absolute Gasteiger partial charge is 0.407 e. The lowest BCUT2D eigenvalue weighted by molar-refractivity contribution is 0.0491. The quantitative estimate of drug-likeness (QED) is 0.811. The highest BCUT2D eigenvalue weighted by Gasteiger charge is 2.27. The molecule has 1 N–H and O–H groups in total. The Hall–Kier alpha value is -0.620. The monoisotopic (exact) mass is 374 g/mol. The molecule has 1 aliphatic rings. The number of nitrogens with zero attached hydrogens (tertiary/aromatic N) is 1. The van der Waals surface area contributed by atoms with E-state index in [4.69, 9.17) is 4.74 Å². The van der Waals surface area contributed by atoms with Crippen LogP contribution in [0.5, 0.6) is 0 Å². The van der Waals surface area contributed by atoms with Gasteiger partial charge in [-0.25, -0.2) is 9.78 Å². The Kier molecular flexibility index (Phi) is 5.30. The highest BCUT2D eigenvalue weighted by atomic mass is 79.9. The van der Waals surface area contributed by atoms with Crippen molar-refractivity contribution in [3.8, 4) is 0 Å². The van der Waals surface area contributed by atoms with Crippen LogP contribution in [0.4, 0.5) is 4.79 Å². The summed E-state index contributed by atoms with van der Waals surface area (Å²) in [6.07, 6.45) is 3.80. The summed E-state index contributed by atoms with van der Waals surface area (Å²) in [4.78, 5) is 16.4. The molecule has 0 radical (unpaired) electrons. The molecule has 1 aromatic heterocycles. The third-order valence-electron chi connectivity index (χ3n) is 3.55. The second kappa shape index (κ2) is 6.65. The molecular weight excluding hydrogens is 352 g/mol. The van der Waals surface area contributed by atoms with Crippen LogP contribution in [0.2, 0.25) is 0 Å². The van der Waals surface area contributed by atoms with Gasteiger partial charge >= 0.3 is 6.09 Å². The van der Waals surface area contributed by atoms with Crippen molar-refractivity contribution in [2.24, 2.45) is 0 Å². The van der Waals surface area contributed by atoms with E-state index >= 15 is 0 Å². The molecule has 0 atom stereocenters. The van der Waals surface area contributed by atoms with Gasteiger partial charge in [0.25, 0.3) is 0 Å². The van der Waals surface area contributed by atoms with E-state index in [1.54, 1.807) is 11.3 Å². The first-order valence-electron chi connectivity index (χ1n) is 7.37. The Morgan fingerprint density at radius 1 is 1.33 bits per heavy atom. The average molecular weight is 375 g/mol. The molecule has 0 aliphatic heterocycles. The van der Waals surface area contributed by atoms with Crippen molar-refractivity contribution in [1.82, 2.24) is 10.3 Å². The average Bonchev–Trinajstić information content (AvgIpc) is 2.68. The van der Waals surface area contributed by atoms with Crippen LogP contribution in [0.3, 0.4) is 0 Å². The molecule has 118 valence electrons. The molecule has 0 unspecified atom stereocenters. The number of carbonyl (C=O) groups is 1. The lowest BCUT2D eigenvalue weighted by Crippen LogP contribution is -2.40. The normalized spacial score (nSPS) is 22.9. The molecule has 1 saturated carbocycles. The van der Waals surface area contributed by atoms with Crippen LogP contribution in [0.1, 0.15) is 63.1 Å². The van der Waals surface area contributed by atoms with Crippen molar-refractivity contribution in [2.75, 3.05) is 0 Å². The summed E-state index contributed by atoms with van der Waals surface area (Å²) in [6.45, 7) is 7.67. The molecule has 1 aliphatic carbocycles. The molecular formula is C15H23BrN2O2S. The number of rotatable bonds is 2. The maximum absolute atomic E-state index is 11.8. The largest absolute Gasteiger partial charge is 0.444 e. The summed E-state index contributed by atoms with van der Waals surface area (Å²) in [6, 6.07) is 0.223. The SMILES string of the molecule is Cc1nc(C2CCC(NC(=O)OC(C)(C)C)CC2)sc1Br. The zero-order valence-corrected chi connectivity index (χ0v) is 15.4. The minimum atomic E-state index is -0.439. The number of hydrogen-bond acceptors (Lipinski definition) is 4. The Bertz CT molecular complexity index is 483. The first-order chi connectivity index (χ1) is 9.74. The molecule has 6 heteroatoms. The van der Waals surface area contributed by atoms with E-state index in [9.17, 15) is 4.79 Å². The third-order valence-corrected chi connectivity index (χ3v) is 5.72. The van der Waals surface area contributed by atoms with E-state index in [2.05, 4.69) is 26.2 Å². The summed E-state index contributed by atoms with van der Waals surface area (Å²) in [7, 11) is 0. The number of aryl methyl sites for hydroxylation is 1. The number of thiazole rings is 1. The summed E-state index contributed by atoms with van der Waals surface area (Å²) >= 11 is 5.28. The molecule has 1 amide bonds. The van der Waals surface area contributed by atoms with Crippen LogP contribution in [-0.4, -0.2) is 22.7 Å². The third kappa shape index (κ3) is 4.95. The summed E-state index contributed by atoms with van der Waals surface area (Å²) in [5, 5.41) is 4.19. The lowest BCUT2D eigenvalue weighted by atomic mass is 9.86. The number of alkyl carbamates (subject to hydrolysis) is 1. The molecule has 0 bridgehead atoms. The highest BCUT2D eigenvalue weighted by molar-refractivity contribution is 9.11. The number of ether oxygens (including phenoxy) is 1. The van der Waals surface area contributed by atoms with Crippen molar-refractivity contribution in [1.29, 1.82) is 0 Å². The number of carbonyl (C=O) groups excluding carboxylic acids is 1. The number of halogens is 1. The van der Waals surface area contributed by atoms with Gasteiger partial charge in [0.05, 0.1) is 14.5 Å². The molecule has 21 heavy (non-hydrogen) atoms. The Balaban J connectivity index is 1.82. The van der Waals surface area contributed by atoms with Crippen LogP contribution in [0, 0.1) is 6.92 Å². The van der Waals surface area contributed by atoms with E-state index < -0.39 is 5.60 Å². The van der Waals surface area contributed by atoms with E-state index in [0.29, 0.717) is 5.92 Å². The number of amides is 1. The van der Waals surface area contributed by atoms with E-state index in [1.165, 1.54) is 5.01 Å². The van der Waals surface area contributed by atoms with Crippen LogP contribution in [0.25, 0.3) is 0 Å². The minimum absolute atomic E-state index is 0.223. The highest BCUT2D eigenvalue weighted by Crippen LogP contribution is 2.37. The maximum Gasteiger partial charge on any atom is 0.407 e. The topological polar surface area (TPSA) is 51.2 Å². The van der Waals surface area contributed by atoms with Gasteiger partial charge in [-0.05, 0) is 69.3 Å². The van der Waals surface area contributed by atoms with Gasteiger partial charge in [0.15, 0.2) is 0 Å². The van der Waals surface area contributed by atoms with Crippen molar-refractivity contribution in [2.45, 2.75) is 70.9 Å². The lowest BCUT2D eigenvalue weighted by Gasteiger charge is -2.29. The molecule has 1 aromatic rings. The van der Waals surface area contributed by atoms with Crippen molar-refractivity contribution in [3.05, 3.63) is 14.5 Å². The first kappa shape index (κ1) is 16.7. The number of hydrogen-bond donors (Lipinski definition) is 1. The zero-order valence-electron chi connectivity index (χ0n) is 13.0. The minimum Gasteiger partial charge on any atom is -0.444 e. The predicted molar refractivity (Wildman–Crippen MR) is 88.9 cm³/mol. The van der Waals surface area contributed by atoms with E-state index in [1.807, 2.05) is 27.7 Å². The second-order valence-electron chi connectivity index (χ2n) is 6.61. The standard InChI is InChI=1S/C15H23BrN2O2S/c1-9-12(16)21-13(17-9)10-5-7-11(8-6-10)18-14(19)20-15(2,3)4/h10-11H,5-8H2,1-4H3,(H,18,19). The Morgan fingerprint density at radius 2 is 1.95 bits per heavy atom. The summed E-state index contributed by atoms with van der Waals surface area (Å²) in [5.41, 5.74) is 0.635. The molecule has 4 nitrogen and oxygen atoms in total. The van der Waals surface area contributed by atoms with Crippen LogP contribution in [-0.2, 0) is 4.74 Å². The number of aromatic nitrogens is 1. The molecule has 1 heterocycles. The van der Waals surface area contributed by atoms with Crippen LogP contribution in [0.15, 0.2) is 3.79 Å². The zero-order chi connectivity index (χ0) is 15.6. The van der Waals surface area contributed by atoms with Gasteiger partial charge in [-0.15, -0.1) is 11.3 Å². The number of nitrogens with one attached hydrogen (secondary N) is 1. The first-order valence-corrected chi connectivity index (χ1v) is 8.98. The fourth-order valence-electron chi connectivity index (χ4n) is 2.53. The molecule has 1 fully saturated rings. The van der Waals surface area contributed by atoms with Crippen molar-refractivity contribution < 1.29 is 9.53 Å². The predicted octanol–water partition coefficient (Wildman–Crippen LogP) is 4.76. The molecule has 0 saturated heterocycles. The molecule has 0 spiro atoms. The Morgan fingerprint density at radius 3 is 2.43 bits per heavy atom. The van der Waals surface area contributed by atoms with Crippen LogP contribution < -0.4 is 5.32 Å². The van der Waals surface area contributed by atoms with E-state index in [0.717, 1.165) is 35.2 Å². The molecule has 2 rings (SSSR count).